The largest absolute Gasteiger partial charge is 0.373 e. The van der Waals surface area contributed by atoms with Crippen LogP contribution in [0.5, 0.6) is 0 Å². The van der Waals surface area contributed by atoms with E-state index in [-0.39, 0.29) is 30.1 Å². The Morgan fingerprint density at radius 1 is 1.33 bits per heavy atom. The van der Waals surface area contributed by atoms with E-state index in [4.69, 9.17) is 21.3 Å². The van der Waals surface area contributed by atoms with Crippen molar-refractivity contribution in [3.8, 4) is 0 Å². The van der Waals surface area contributed by atoms with Gasteiger partial charge in [0.25, 0.3) is 0 Å². The second kappa shape index (κ2) is 12.4. The standard InChI is InChI=1S/C19H29ClN4OS.HI/c1-2-21-19(22-9-11-26-18-7-5-15(20)6-8-18)23-12-17-13-24-10-3-4-16(24)14-25-17;/h5-8,16-17H,2-4,9-14H2,1H3,(H2,21,22,23);1H. The maximum atomic E-state index is 5.99. The zero-order valence-corrected chi connectivity index (χ0v) is 19.7. The number of nitrogens with zero attached hydrogens (tertiary/aromatic N) is 2. The number of benzene rings is 1. The minimum atomic E-state index is 0. The van der Waals surface area contributed by atoms with E-state index in [9.17, 15) is 0 Å². The number of hydrogen-bond donors (Lipinski definition) is 2. The molecular weight excluding hydrogens is 495 g/mol. The molecule has 2 aliphatic rings. The summed E-state index contributed by atoms with van der Waals surface area (Å²) in [6, 6.07) is 8.61. The summed E-state index contributed by atoms with van der Waals surface area (Å²) in [6.45, 7) is 7.61. The van der Waals surface area contributed by atoms with Crippen LogP contribution in [-0.2, 0) is 4.74 Å². The first-order valence-electron chi connectivity index (χ1n) is 9.51. The Balaban J connectivity index is 0.00000261. The molecule has 3 rings (SSSR count). The van der Waals surface area contributed by atoms with Crippen molar-refractivity contribution < 1.29 is 4.74 Å². The number of morpholine rings is 1. The molecule has 1 aromatic carbocycles. The van der Waals surface area contributed by atoms with Gasteiger partial charge in [0.1, 0.15) is 0 Å². The average molecular weight is 525 g/mol. The lowest BCUT2D eigenvalue weighted by atomic mass is 10.2. The number of ether oxygens (including phenoxy) is 1. The van der Waals surface area contributed by atoms with E-state index in [1.165, 1.54) is 24.3 Å². The maximum absolute atomic E-state index is 5.99. The maximum Gasteiger partial charge on any atom is 0.191 e. The van der Waals surface area contributed by atoms with Crippen molar-refractivity contribution >= 4 is 53.3 Å². The fourth-order valence-electron chi connectivity index (χ4n) is 3.40. The fraction of sp³-hybridized carbons (Fsp3) is 0.632. The van der Waals surface area contributed by atoms with Crippen LogP contribution in [0.1, 0.15) is 19.8 Å². The Labute approximate surface area is 189 Å². The van der Waals surface area contributed by atoms with Crippen molar-refractivity contribution in [1.82, 2.24) is 15.5 Å². The molecule has 0 spiro atoms. The second-order valence-corrected chi connectivity index (χ2v) is 8.30. The Morgan fingerprint density at radius 2 is 2.15 bits per heavy atom. The third-order valence-electron chi connectivity index (χ3n) is 4.74. The number of rotatable bonds is 7. The minimum absolute atomic E-state index is 0. The number of aliphatic imine (C=N–C) groups is 1. The highest BCUT2D eigenvalue weighted by molar-refractivity contribution is 14.0. The quantitative estimate of drug-likeness (QED) is 0.188. The van der Waals surface area contributed by atoms with Gasteiger partial charge in [-0.2, -0.15) is 0 Å². The molecule has 0 bridgehead atoms. The van der Waals surface area contributed by atoms with Gasteiger partial charge in [-0.3, -0.25) is 9.89 Å². The van der Waals surface area contributed by atoms with E-state index in [0.29, 0.717) is 12.6 Å². The number of nitrogens with one attached hydrogen (secondary N) is 2. The van der Waals surface area contributed by atoms with Crippen molar-refractivity contribution in [2.45, 2.75) is 36.8 Å². The molecule has 0 amide bonds. The highest BCUT2D eigenvalue weighted by atomic mass is 127. The molecule has 8 heteroatoms. The summed E-state index contributed by atoms with van der Waals surface area (Å²) >= 11 is 7.73. The minimum Gasteiger partial charge on any atom is -0.373 e. The summed E-state index contributed by atoms with van der Waals surface area (Å²) in [5.74, 6) is 1.85. The molecule has 0 radical (unpaired) electrons. The lowest BCUT2D eigenvalue weighted by Crippen LogP contribution is -2.47. The van der Waals surface area contributed by atoms with Crippen molar-refractivity contribution in [1.29, 1.82) is 0 Å². The molecule has 0 aliphatic carbocycles. The number of thioether (sulfide) groups is 1. The van der Waals surface area contributed by atoms with E-state index in [2.05, 4.69) is 34.6 Å². The zero-order chi connectivity index (χ0) is 18.2. The van der Waals surface area contributed by atoms with Gasteiger partial charge in [0, 0.05) is 41.3 Å². The summed E-state index contributed by atoms with van der Waals surface area (Å²) in [5.41, 5.74) is 0. The van der Waals surface area contributed by atoms with Gasteiger partial charge < -0.3 is 15.4 Å². The Bertz CT molecular complexity index is 590. The van der Waals surface area contributed by atoms with Crippen LogP contribution >= 0.6 is 47.3 Å². The number of fused-ring (bicyclic) bond motifs is 1. The molecule has 2 unspecified atom stereocenters. The summed E-state index contributed by atoms with van der Waals surface area (Å²) in [7, 11) is 0. The molecule has 0 saturated carbocycles. The highest BCUT2D eigenvalue weighted by Gasteiger charge is 2.31. The third kappa shape index (κ3) is 7.61. The molecular formula is C19H30ClIN4OS. The average Bonchev–Trinajstić information content (AvgIpc) is 3.12. The molecule has 27 heavy (non-hydrogen) atoms. The smallest absolute Gasteiger partial charge is 0.191 e. The molecule has 2 N–H and O–H groups in total. The van der Waals surface area contributed by atoms with Crippen LogP contribution in [-0.4, -0.2) is 68.1 Å². The molecule has 2 atom stereocenters. The van der Waals surface area contributed by atoms with E-state index in [1.54, 1.807) is 0 Å². The van der Waals surface area contributed by atoms with Crippen LogP contribution in [0.3, 0.4) is 0 Å². The Morgan fingerprint density at radius 3 is 2.93 bits per heavy atom. The number of hydrogen-bond acceptors (Lipinski definition) is 4. The third-order valence-corrected chi connectivity index (χ3v) is 6.00. The van der Waals surface area contributed by atoms with Crippen LogP contribution in [0.2, 0.25) is 5.02 Å². The molecule has 2 aliphatic heterocycles. The van der Waals surface area contributed by atoms with E-state index < -0.39 is 0 Å². The van der Waals surface area contributed by atoms with Crippen LogP contribution < -0.4 is 10.6 Å². The predicted molar refractivity (Wildman–Crippen MR) is 126 cm³/mol. The van der Waals surface area contributed by atoms with Gasteiger partial charge in [0.05, 0.1) is 19.3 Å². The molecule has 152 valence electrons. The van der Waals surface area contributed by atoms with Gasteiger partial charge in [0.15, 0.2) is 5.96 Å². The normalized spacial score (nSPS) is 22.8. The van der Waals surface area contributed by atoms with Gasteiger partial charge in [-0.25, -0.2) is 0 Å². The van der Waals surface area contributed by atoms with E-state index >= 15 is 0 Å². The molecule has 5 nitrogen and oxygen atoms in total. The van der Waals surface area contributed by atoms with Crippen LogP contribution in [0.15, 0.2) is 34.2 Å². The number of guanidine groups is 1. The lowest BCUT2D eigenvalue weighted by Gasteiger charge is -2.34. The first-order valence-corrected chi connectivity index (χ1v) is 10.9. The first kappa shape index (κ1) is 23.1. The zero-order valence-electron chi connectivity index (χ0n) is 15.8. The van der Waals surface area contributed by atoms with Crippen LogP contribution in [0.25, 0.3) is 0 Å². The summed E-state index contributed by atoms with van der Waals surface area (Å²) in [4.78, 5) is 8.52. The van der Waals surface area contributed by atoms with Gasteiger partial charge in [-0.1, -0.05) is 11.6 Å². The SMILES string of the molecule is CCNC(=NCC1CN2CCCC2CO1)NCCSc1ccc(Cl)cc1.I. The topological polar surface area (TPSA) is 48.9 Å². The van der Waals surface area contributed by atoms with E-state index in [0.717, 1.165) is 43.0 Å². The van der Waals surface area contributed by atoms with Crippen molar-refractivity contribution in [3.05, 3.63) is 29.3 Å². The summed E-state index contributed by atoms with van der Waals surface area (Å²) in [5, 5.41) is 7.51. The van der Waals surface area contributed by atoms with Gasteiger partial charge in [-0.05, 0) is 50.6 Å². The fourth-order valence-corrected chi connectivity index (χ4v) is 4.29. The number of halogens is 2. The summed E-state index contributed by atoms with van der Waals surface area (Å²) in [6.07, 6.45) is 2.80. The van der Waals surface area contributed by atoms with Crippen LogP contribution in [0, 0.1) is 0 Å². The van der Waals surface area contributed by atoms with E-state index in [1.807, 2.05) is 23.9 Å². The van der Waals surface area contributed by atoms with Crippen molar-refractivity contribution in [3.63, 3.8) is 0 Å². The van der Waals surface area contributed by atoms with Gasteiger partial charge in [-0.15, -0.1) is 35.7 Å². The summed E-state index contributed by atoms with van der Waals surface area (Å²) < 4.78 is 5.99. The second-order valence-electron chi connectivity index (χ2n) is 6.70. The highest BCUT2D eigenvalue weighted by Crippen LogP contribution is 2.22. The molecule has 0 aromatic heterocycles. The van der Waals surface area contributed by atoms with Gasteiger partial charge >= 0.3 is 0 Å². The monoisotopic (exact) mass is 524 g/mol. The Kier molecular flexibility index (Phi) is 10.6. The van der Waals surface area contributed by atoms with Crippen molar-refractivity contribution in [2.75, 3.05) is 45.1 Å². The predicted octanol–water partition coefficient (Wildman–Crippen LogP) is 3.47. The molecule has 1 aromatic rings. The van der Waals surface area contributed by atoms with Crippen molar-refractivity contribution in [2.24, 2.45) is 4.99 Å². The lowest BCUT2D eigenvalue weighted by molar-refractivity contribution is -0.0432. The molecule has 2 heterocycles. The molecule has 2 saturated heterocycles. The Hall–Kier alpha value is -0.220. The molecule has 2 fully saturated rings. The van der Waals surface area contributed by atoms with Crippen LogP contribution in [0.4, 0.5) is 0 Å². The van der Waals surface area contributed by atoms with Gasteiger partial charge in [0.2, 0.25) is 0 Å². The first-order chi connectivity index (χ1) is 12.7.